The average Bonchev–Trinajstić information content (AvgIpc) is 3.17. The molecule has 0 saturated heterocycles. The summed E-state index contributed by atoms with van der Waals surface area (Å²) in [5.41, 5.74) is 3.11. The van der Waals surface area contributed by atoms with Gasteiger partial charge in [-0.15, -0.1) is 10.2 Å². The first kappa shape index (κ1) is 18.5. The molecule has 0 N–H and O–H groups in total. The quantitative estimate of drug-likeness (QED) is 0.381. The molecule has 4 nitrogen and oxygen atoms in total. The maximum absolute atomic E-state index is 6.07. The summed E-state index contributed by atoms with van der Waals surface area (Å²) in [6, 6.07) is 21.8. The lowest BCUT2D eigenvalue weighted by Gasteiger charge is -2.10. The maximum atomic E-state index is 6.07. The van der Waals surface area contributed by atoms with Crippen LogP contribution in [0.3, 0.4) is 0 Å². The molecule has 0 aliphatic carbocycles. The predicted octanol–water partition coefficient (Wildman–Crippen LogP) is 5.79. The van der Waals surface area contributed by atoms with E-state index in [-0.39, 0.29) is 0 Å². The van der Waals surface area contributed by atoms with Crippen LogP contribution in [0.4, 0.5) is 0 Å². The van der Waals surface area contributed by atoms with Crippen molar-refractivity contribution < 1.29 is 0 Å². The van der Waals surface area contributed by atoms with Crippen molar-refractivity contribution in [2.45, 2.75) is 5.16 Å². The molecular weight excluding hydrogens is 388 g/mol. The van der Waals surface area contributed by atoms with E-state index in [1.807, 2.05) is 59.2 Å². The molecule has 0 fully saturated rings. The molecule has 0 atom stereocenters. The summed E-state index contributed by atoms with van der Waals surface area (Å²) in [6.45, 7) is 0. The van der Waals surface area contributed by atoms with Crippen LogP contribution < -0.4 is 0 Å². The average molecular weight is 405 g/mol. The first-order valence-corrected chi connectivity index (χ1v) is 10.1. The van der Waals surface area contributed by atoms with Crippen molar-refractivity contribution in [3.8, 4) is 17.1 Å². The SMILES string of the molecule is Clc1ccc(-n2c(SCC=Cc3ccccc3)nnc2-c2ccncc2)cc1. The molecule has 0 saturated carbocycles. The smallest absolute Gasteiger partial charge is 0.196 e. The third-order valence-electron chi connectivity index (χ3n) is 4.08. The Kier molecular flexibility index (Phi) is 5.85. The Bertz CT molecular complexity index is 1060. The van der Waals surface area contributed by atoms with Crippen LogP contribution in [0, 0.1) is 0 Å². The van der Waals surface area contributed by atoms with Gasteiger partial charge in [0.1, 0.15) is 0 Å². The van der Waals surface area contributed by atoms with Gasteiger partial charge in [-0.25, -0.2) is 0 Å². The van der Waals surface area contributed by atoms with Gasteiger partial charge in [-0.3, -0.25) is 9.55 Å². The van der Waals surface area contributed by atoms with Gasteiger partial charge in [0.25, 0.3) is 0 Å². The second-order valence-corrected chi connectivity index (χ2v) is 7.40. The van der Waals surface area contributed by atoms with Gasteiger partial charge >= 0.3 is 0 Å². The van der Waals surface area contributed by atoms with Crippen LogP contribution in [0.25, 0.3) is 23.2 Å². The Labute approximate surface area is 172 Å². The lowest BCUT2D eigenvalue weighted by atomic mass is 10.2. The number of halogens is 1. The third-order valence-corrected chi connectivity index (χ3v) is 5.21. The first-order valence-electron chi connectivity index (χ1n) is 8.77. The zero-order valence-corrected chi connectivity index (χ0v) is 16.5. The van der Waals surface area contributed by atoms with Crippen LogP contribution in [0.1, 0.15) is 5.56 Å². The van der Waals surface area contributed by atoms with E-state index in [1.165, 1.54) is 5.56 Å². The highest BCUT2D eigenvalue weighted by Crippen LogP contribution is 2.28. The topological polar surface area (TPSA) is 43.6 Å². The van der Waals surface area contributed by atoms with E-state index in [1.54, 1.807) is 24.2 Å². The molecule has 2 heterocycles. The van der Waals surface area contributed by atoms with Crippen LogP contribution in [-0.4, -0.2) is 25.5 Å². The van der Waals surface area contributed by atoms with Crippen molar-refractivity contribution in [2.24, 2.45) is 0 Å². The summed E-state index contributed by atoms with van der Waals surface area (Å²) in [4.78, 5) is 4.09. The fourth-order valence-corrected chi connectivity index (χ4v) is 3.63. The van der Waals surface area contributed by atoms with E-state index >= 15 is 0 Å². The summed E-state index contributed by atoms with van der Waals surface area (Å²) in [7, 11) is 0. The molecular formula is C22H17ClN4S. The van der Waals surface area contributed by atoms with Gasteiger partial charge in [0, 0.05) is 34.4 Å². The van der Waals surface area contributed by atoms with Gasteiger partial charge in [-0.1, -0.05) is 65.8 Å². The monoisotopic (exact) mass is 404 g/mol. The highest BCUT2D eigenvalue weighted by atomic mass is 35.5. The van der Waals surface area contributed by atoms with Gasteiger partial charge in [-0.05, 0) is 42.0 Å². The molecule has 0 aliphatic rings. The van der Waals surface area contributed by atoms with E-state index in [4.69, 9.17) is 11.6 Å². The Morgan fingerprint density at radius 1 is 0.893 bits per heavy atom. The van der Waals surface area contributed by atoms with E-state index in [0.717, 1.165) is 28.0 Å². The number of aromatic nitrogens is 4. The van der Waals surface area contributed by atoms with Crippen LogP contribution >= 0.6 is 23.4 Å². The summed E-state index contributed by atoms with van der Waals surface area (Å²) < 4.78 is 2.05. The normalized spacial score (nSPS) is 11.2. The van der Waals surface area contributed by atoms with Crippen LogP contribution in [0.5, 0.6) is 0 Å². The van der Waals surface area contributed by atoms with E-state index in [2.05, 4.69) is 39.5 Å². The number of benzene rings is 2. The van der Waals surface area contributed by atoms with Gasteiger partial charge in [-0.2, -0.15) is 0 Å². The van der Waals surface area contributed by atoms with Crippen molar-refractivity contribution in [2.75, 3.05) is 5.75 Å². The molecule has 0 bridgehead atoms. The third kappa shape index (κ3) is 4.32. The van der Waals surface area contributed by atoms with Gasteiger partial charge in [0.2, 0.25) is 0 Å². The highest BCUT2D eigenvalue weighted by molar-refractivity contribution is 7.99. The standard InChI is InChI=1S/C22H17ClN4S/c23-19-8-10-20(11-9-19)27-21(18-12-14-24-15-13-18)25-26-22(27)28-16-4-7-17-5-2-1-3-6-17/h1-15H,16H2. The molecule has 2 aromatic heterocycles. The lowest BCUT2D eigenvalue weighted by Crippen LogP contribution is -1.99. The van der Waals surface area contributed by atoms with Gasteiger partial charge in [0.05, 0.1) is 0 Å². The van der Waals surface area contributed by atoms with Crippen molar-refractivity contribution in [3.63, 3.8) is 0 Å². The number of thioether (sulfide) groups is 1. The maximum Gasteiger partial charge on any atom is 0.196 e. The van der Waals surface area contributed by atoms with Gasteiger partial charge < -0.3 is 0 Å². The summed E-state index contributed by atoms with van der Waals surface area (Å²) in [5.74, 6) is 1.57. The number of hydrogen-bond acceptors (Lipinski definition) is 4. The molecule has 0 amide bonds. The minimum absolute atomic E-state index is 0.697. The molecule has 2 aromatic carbocycles. The summed E-state index contributed by atoms with van der Waals surface area (Å²) in [6.07, 6.45) is 7.75. The Morgan fingerprint density at radius 2 is 1.64 bits per heavy atom. The Hall–Kier alpha value is -2.89. The molecule has 0 aliphatic heterocycles. The minimum atomic E-state index is 0.697. The number of pyridine rings is 1. The van der Waals surface area contributed by atoms with Crippen molar-refractivity contribution in [1.29, 1.82) is 0 Å². The van der Waals surface area contributed by atoms with Gasteiger partial charge in [0.15, 0.2) is 11.0 Å². The second kappa shape index (κ2) is 8.87. The summed E-state index contributed by atoms with van der Waals surface area (Å²) in [5, 5.41) is 10.4. The molecule has 0 unspecified atom stereocenters. The predicted molar refractivity (Wildman–Crippen MR) is 116 cm³/mol. The zero-order chi connectivity index (χ0) is 19.2. The first-order chi connectivity index (χ1) is 13.8. The van der Waals surface area contributed by atoms with Crippen molar-refractivity contribution in [3.05, 3.63) is 95.8 Å². The largest absolute Gasteiger partial charge is 0.270 e. The second-order valence-electron chi connectivity index (χ2n) is 5.98. The van der Waals surface area contributed by atoms with E-state index < -0.39 is 0 Å². The Morgan fingerprint density at radius 3 is 2.39 bits per heavy atom. The fraction of sp³-hybridized carbons (Fsp3) is 0.0455. The fourth-order valence-electron chi connectivity index (χ4n) is 2.75. The number of rotatable bonds is 6. The van der Waals surface area contributed by atoms with Crippen LogP contribution in [0.2, 0.25) is 5.02 Å². The molecule has 4 aromatic rings. The van der Waals surface area contributed by atoms with E-state index in [0.29, 0.717) is 5.02 Å². The number of nitrogens with zero attached hydrogens (tertiary/aromatic N) is 4. The molecule has 138 valence electrons. The number of hydrogen-bond donors (Lipinski definition) is 0. The minimum Gasteiger partial charge on any atom is -0.270 e. The van der Waals surface area contributed by atoms with Crippen LogP contribution in [0.15, 0.2) is 90.4 Å². The zero-order valence-electron chi connectivity index (χ0n) is 14.9. The molecule has 28 heavy (non-hydrogen) atoms. The van der Waals surface area contributed by atoms with Crippen molar-refractivity contribution in [1.82, 2.24) is 19.7 Å². The Balaban J connectivity index is 1.62. The molecule has 0 radical (unpaired) electrons. The van der Waals surface area contributed by atoms with Crippen LogP contribution in [-0.2, 0) is 0 Å². The van der Waals surface area contributed by atoms with Crippen molar-refractivity contribution >= 4 is 29.4 Å². The lowest BCUT2D eigenvalue weighted by molar-refractivity contribution is 0.887. The molecule has 4 rings (SSSR count). The molecule has 6 heteroatoms. The molecule has 0 spiro atoms. The highest BCUT2D eigenvalue weighted by Gasteiger charge is 2.15. The summed E-state index contributed by atoms with van der Waals surface area (Å²) >= 11 is 7.70. The van der Waals surface area contributed by atoms with E-state index in [9.17, 15) is 0 Å².